The molecule has 1 atom stereocenters. The maximum Gasteiger partial charge on any atom is 0.0539 e. The van der Waals surface area contributed by atoms with E-state index in [9.17, 15) is 0 Å². The van der Waals surface area contributed by atoms with Crippen molar-refractivity contribution in [3.63, 3.8) is 0 Å². The lowest BCUT2D eigenvalue weighted by molar-refractivity contribution is 0.149. The van der Waals surface area contributed by atoms with E-state index < -0.39 is 0 Å². The molecule has 1 aliphatic heterocycles. The van der Waals surface area contributed by atoms with Crippen LogP contribution in [0, 0.1) is 5.41 Å². The van der Waals surface area contributed by atoms with Gasteiger partial charge in [0.1, 0.15) is 0 Å². The van der Waals surface area contributed by atoms with Gasteiger partial charge in [-0.25, -0.2) is 0 Å². The van der Waals surface area contributed by atoms with Gasteiger partial charge < -0.3 is 10.1 Å². The highest BCUT2D eigenvalue weighted by Crippen LogP contribution is 2.31. The topological polar surface area (TPSA) is 34.2 Å². The zero-order chi connectivity index (χ0) is 12.8. The van der Waals surface area contributed by atoms with Gasteiger partial charge in [0.15, 0.2) is 0 Å². The zero-order valence-corrected chi connectivity index (χ0v) is 12.5. The number of rotatable bonds is 6. The van der Waals surface area contributed by atoms with Gasteiger partial charge in [-0.1, -0.05) is 6.92 Å². The molecule has 4 heteroatoms. The summed E-state index contributed by atoms with van der Waals surface area (Å²) in [6, 6.07) is 4.16. The monoisotopic (exact) mass is 312 g/mol. The van der Waals surface area contributed by atoms with Crippen molar-refractivity contribution in [3.05, 3.63) is 28.5 Å². The van der Waals surface area contributed by atoms with Gasteiger partial charge in [0, 0.05) is 34.9 Å². The molecular formula is C14H21BrN2O. The summed E-state index contributed by atoms with van der Waals surface area (Å²) in [5.41, 5.74) is 1.39. The molecule has 0 saturated carbocycles. The molecule has 2 heterocycles. The second kappa shape index (κ2) is 6.64. The van der Waals surface area contributed by atoms with Crippen LogP contribution in [-0.4, -0.2) is 31.3 Å². The Labute approximate surface area is 117 Å². The highest BCUT2D eigenvalue weighted by molar-refractivity contribution is 9.10. The van der Waals surface area contributed by atoms with Crippen LogP contribution in [0.15, 0.2) is 22.8 Å². The first-order chi connectivity index (χ1) is 8.74. The number of nitrogens with zero attached hydrogens (tertiary/aromatic N) is 1. The molecule has 0 bridgehead atoms. The molecule has 18 heavy (non-hydrogen) atoms. The van der Waals surface area contributed by atoms with Crippen LogP contribution in [0.1, 0.15) is 25.5 Å². The van der Waals surface area contributed by atoms with Gasteiger partial charge in [-0.15, -0.1) is 0 Å². The molecule has 2 rings (SSSR count). The third kappa shape index (κ3) is 3.77. The van der Waals surface area contributed by atoms with Gasteiger partial charge in [0.2, 0.25) is 0 Å². The van der Waals surface area contributed by atoms with Gasteiger partial charge in [0.05, 0.1) is 6.61 Å². The van der Waals surface area contributed by atoms with Crippen molar-refractivity contribution in [1.82, 2.24) is 10.3 Å². The predicted octanol–water partition coefficient (Wildman–Crippen LogP) is 2.79. The van der Waals surface area contributed by atoms with E-state index >= 15 is 0 Å². The van der Waals surface area contributed by atoms with Crippen molar-refractivity contribution < 1.29 is 4.74 Å². The fourth-order valence-corrected chi connectivity index (χ4v) is 2.65. The van der Waals surface area contributed by atoms with E-state index in [0.29, 0.717) is 0 Å². The standard InChI is InChI=1S/C14H21BrN2O/c1-2-6-16-10-14(5-7-18-11-14)8-13-4-3-12(15)9-17-13/h3-4,9,16H,2,5-8,10-11H2,1H3. The van der Waals surface area contributed by atoms with Crippen LogP contribution < -0.4 is 5.32 Å². The third-order valence-electron chi connectivity index (χ3n) is 3.46. The van der Waals surface area contributed by atoms with Gasteiger partial charge in [-0.2, -0.15) is 0 Å². The molecule has 0 radical (unpaired) electrons. The van der Waals surface area contributed by atoms with Crippen LogP contribution >= 0.6 is 15.9 Å². The minimum absolute atomic E-state index is 0.232. The molecule has 1 saturated heterocycles. The van der Waals surface area contributed by atoms with Crippen LogP contribution in [0.3, 0.4) is 0 Å². The SMILES string of the molecule is CCCNCC1(Cc2ccc(Br)cn2)CCOC1. The summed E-state index contributed by atoms with van der Waals surface area (Å²) in [5, 5.41) is 3.53. The molecule has 3 nitrogen and oxygen atoms in total. The lowest BCUT2D eigenvalue weighted by Crippen LogP contribution is -2.37. The maximum atomic E-state index is 5.61. The van der Waals surface area contributed by atoms with Crippen molar-refractivity contribution in [2.45, 2.75) is 26.2 Å². The Balaban J connectivity index is 1.99. The number of halogens is 1. The molecular weight excluding hydrogens is 292 g/mol. The van der Waals surface area contributed by atoms with Crippen LogP contribution in [0.5, 0.6) is 0 Å². The van der Waals surface area contributed by atoms with Crippen molar-refractivity contribution in [1.29, 1.82) is 0 Å². The highest BCUT2D eigenvalue weighted by Gasteiger charge is 2.35. The summed E-state index contributed by atoms with van der Waals surface area (Å²) in [6.07, 6.45) is 5.17. The Kier molecular flexibility index (Phi) is 5.15. The zero-order valence-electron chi connectivity index (χ0n) is 10.9. The van der Waals surface area contributed by atoms with Crippen molar-refractivity contribution >= 4 is 15.9 Å². The molecule has 1 fully saturated rings. The first-order valence-electron chi connectivity index (χ1n) is 6.63. The predicted molar refractivity (Wildman–Crippen MR) is 76.7 cm³/mol. The lowest BCUT2D eigenvalue weighted by atomic mass is 9.82. The van der Waals surface area contributed by atoms with E-state index in [4.69, 9.17) is 4.74 Å². The maximum absolute atomic E-state index is 5.61. The Morgan fingerprint density at radius 2 is 2.39 bits per heavy atom. The molecule has 1 aliphatic rings. The molecule has 1 aromatic rings. The second-order valence-corrected chi connectivity index (χ2v) is 6.04. The molecule has 0 aliphatic carbocycles. The van der Waals surface area contributed by atoms with Crippen LogP contribution in [0.25, 0.3) is 0 Å². The summed E-state index contributed by atoms with van der Waals surface area (Å²) in [5.74, 6) is 0. The van der Waals surface area contributed by atoms with E-state index in [1.54, 1.807) is 0 Å². The van der Waals surface area contributed by atoms with E-state index in [1.165, 1.54) is 6.42 Å². The summed E-state index contributed by atoms with van der Waals surface area (Å²) >= 11 is 3.42. The average Bonchev–Trinajstić information content (AvgIpc) is 2.82. The van der Waals surface area contributed by atoms with Crippen molar-refractivity contribution in [2.24, 2.45) is 5.41 Å². The van der Waals surface area contributed by atoms with Crippen molar-refractivity contribution in [3.8, 4) is 0 Å². The molecule has 1 N–H and O–H groups in total. The Morgan fingerprint density at radius 1 is 1.50 bits per heavy atom. The fourth-order valence-electron chi connectivity index (χ4n) is 2.42. The summed E-state index contributed by atoms with van der Waals surface area (Å²) < 4.78 is 6.64. The number of nitrogens with one attached hydrogen (secondary N) is 1. The largest absolute Gasteiger partial charge is 0.381 e. The minimum Gasteiger partial charge on any atom is -0.381 e. The molecule has 0 aromatic carbocycles. The summed E-state index contributed by atoms with van der Waals surface area (Å²) in [6.45, 7) is 6.03. The van der Waals surface area contributed by atoms with Gasteiger partial charge in [0.25, 0.3) is 0 Å². The van der Waals surface area contributed by atoms with Crippen LogP contribution in [-0.2, 0) is 11.2 Å². The molecule has 100 valence electrons. The summed E-state index contributed by atoms with van der Waals surface area (Å²) in [7, 11) is 0. The van der Waals surface area contributed by atoms with E-state index in [0.717, 1.165) is 49.3 Å². The average molecular weight is 313 g/mol. The second-order valence-electron chi connectivity index (χ2n) is 5.12. The molecule has 1 unspecified atom stereocenters. The van der Waals surface area contributed by atoms with E-state index in [1.807, 2.05) is 6.20 Å². The quantitative estimate of drug-likeness (QED) is 0.820. The normalized spacial score (nSPS) is 23.4. The van der Waals surface area contributed by atoms with Crippen molar-refractivity contribution in [2.75, 3.05) is 26.3 Å². The summed E-state index contributed by atoms with van der Waals surface area (Å²) in [4.78, 5) is 4.48. The van der Waals surface area contributed by atoms with Gasteiger partial charge in [-0.05, 0) is 53.9 Å². The van der Waals surface area contributed by atoms with E-state index in [2.05, 4.69) is 45.3 Å². The van der Waals surface area contributed by atoms with Gasteiger partial charge >= 0.3 is 0 Å². The molecule has 0 amide bonds. The number of pyridine rings is 1. The molecule has 1 aromatic heterocycles. The number of ether oxygens (including phenoxy) is 1. The minimum atomic E-state index is 0.232. The van der Waals surface area contributed by atoms with E-state index in [-0.39, 0.29) is 5.41 Å². The Bertz CT molecular complexity index is 361. The van der Waals surface area contributed by atoms with Gasteiger partial charge in [-0.3, -0.25) is 4.98 Å². The number of aromatic nitrogens is 1. The Hall–Kier alpha value is -0.450. The lowest BCUT2D eigenvalue weighted by Gasteiger charge is -2.27. The first kappa shape index (κ1) is 14.0. The number of hydrogen-bond donors (Lipinski definition) is 1. The number of hydrogen-bond acceptors (Lipinski definition) is 3. The third-order valence-corrected chi connectivity index (χ3v) is 3.93. The van der Waals surface area contributed by atoms with Crippen LogP contribution in [0.4, 0.5) is 0 Å². The van der Waals surface area contributed by atoms with Crippen LogP contribution in [0.2, 0.25) is 0 Å². The fraction of sp³-hybridized carbons (Fsp3) is 0.643. The molecule has 0 spiro atoms. The first-order valence-corrected chi connectivity index (χ1v) is 7.42. The smallest absolute Gasteiger partial charge is 0.0539 e. The Morgan fingerprint density at radius 3 is 3.00 bits per heavy atom. The highest BCUT2D eigenvalue weighted by atomic mass is 79.9.